The van der Waals surface area contributed by atoms with Gasteiger partial charge in [0, 0.05) is 39.3 Å². The summed E-state index contributed by atoms with van der Waals surface area (Å²) in [7, 11) is 0. The average molecular weight is 253 g/mol. The van der Waals surface area contributed by atoms with Crippen molar-refractivity contribution < 1.29 is 4.79 Å². The summed E-state index contributed by atoms with van der Waals surface area (Å²) in [5, 5.41) is 7.15. The fraction of sp³-hybridized carbons (Fsp3) is 0.583. The summed E-state index contributed by atoms with van der Waals surface area (Å²) in [6, 6.07) is 2.24. The number of urea groups is 1. The van der Waals surface area contributed by atoms with Gasteiger partial charge in [-0.25, -0.2) is 4.79 Å². The number of nitrogens with one attached hydrogen (secondary N) is 1. The van der Waals surface area contributed by atoms with Crippen LogP contribution in [0.3, 0.4) is 0 Å². The van der Waals surface area contributed by atoms with Crippen molar-refractivity contribution in [2.24, 2.45) is 0 Å². The molecule has 1 saturated heterocycles. The monoisotopic (exact) mass is 253 g/mol. The average Bonchev–Trinajstić information content (AvgIpc) is 2.83. The van der Waals surface area contributed by atoms with E-state index >= 15 is 0 Å². The molecule has 1 aliphatic rings. The van der Waals surface area contributed by atoms with Gasteiger partial charge in [-0.1, -0.05) is 0 Å². The molecule has 5 heteroatoms. The minimum absolute atomic E-state index is 0.0719. The molecule has 1 aromatic heterocycles. The van der Waals surface area contributed by atoms with E-state index in [2.05, 4.69) is 27.0 Å². The predicted molar refractivity (Wildman–Crippen MR) is 70.2 cm³/mol. The quantitative estimate of drug-likeness (QED) is 0.888. The zero-order chi connectivity index (χ0) is 12.1. The first-order chi connectivity index (χ1) is 8.29. The summed E-state index contributed by atoms with van der Waals surface area (Å²) in [4.78, 5) is 15.9. The number of amides is 2. The number of carbonyl (C=O) groups is 1. The van der Waals surface area contributed by atoms with E-state index in [1.807, 2.05) is 11.8 Å². The van der Waals surface area contributed by atoms with Gasteiger partial charge in [-0.15, -0.1) is 0 Å². The number of thiophene rings is 1. The first-order valence-corrected chi connectivity index (χ1v) is 7.00. The van der Waals surface area contributed by atoms with Gasteiger partial charge in [0.15, 0.2) is 0 Å². The number of rotatable bonds is 3. The first kappa shape index (κ1) is 12.4. The van der Waals surface area contributed by atoms with Crippen molar-refractivity contribution in [3.63, 3.8) is 0 Å². The molecular formula is C12H19N3OS. The van der Waals surface area contributed by atoms with Crippen LogP contribution in [0.1, 0.15) is 12.5 Å². The molecule has 1 aliphatic heterocycles. The molecule has 1 N–H and O–H groups in total. The lowest BCUT2D eigenvalue weighted by atomic mass is 10.2. The van der Waals surface area contributed by atoms with Crippen LogP contribution in [-0.4, -0.2) is 48.6 Å². The minimum Gasteiger partial charge on any atom is -0.338 e. The topological polar surface area (TPSA) is 35.6 Å². The van der Waals surface area contributed by atoms with Gasteiger partial charge in [-0.3, -0.25) is 4.90 Å². The summed E-state index contributed by atoms with van der Waals surface area (Å²) in [5.41, 5.74) is 1.38. The second-order valence-electron chi connectivity index (χ2n) is 4.23. The van der Waals surface area contributed by atoms with Crippen LogP contribution in [0.2, 0.25) is 0 Å². The number of hydrogen-bond acceptors (Lipinski definition) is 3. The summed E-state index contributed by atoms with van der Waals surface area (Å²) in [5.74, 6) is 0. The fourth-order valence-corrected chi connectivity index (χ4v) is 2.67. The molecule has 1 fully saturated rings. The third-order valence-electron chi connectivity index (χ3n) is 2.97. The SMILES string of the molecule is CCNC(=O)N1CCN(Cc2ccsc2)CC1. The van der Waals surface area contributed by atoms with Crippen LogP contribution in [0.5, 0.6) is 0 Å². The number of piperazine rings is 1. The van der Waals surface area contributed by atoms with E-state index in [0.29, 0.717) is 6.54 Å². The maximum atomic E-state index is 11.6. The van der Waals surface area contributed by atoms with E-state index in [-0.39, 0.29) is 6.03 Å². The Morgan fingerprint density at radius 2 is 2.18 bits per heavy atom. The van der Waals surface area contributed by atoms with Crippen molar-refractivity contribution in [2.45, 2.75) is 13.5 Å². The van der Waals surface area contributed by atoms with Crippen molar-refractivity contribution in [2.75, 3.05) is 32.7 Å². The Kier molecular flexibility index (Phi) is 4.39. The Morgan fingerprint density at radius 1 is 1.41 bits per heavy atom. The Labute approximate surface area is 106 Å². The van der Waals surface area contributed by atoms with Gasteiger partial charge in [0.1, 0.15) is 0 Å². The highest BCUT2D eigenvalue weighted by atomic mass is 32.1. The molecular weight excluding hydrogens is 234 g/mol. The standard InChI is InChI=1S/C12H19N3OS/c1-2-13-12(16)15-6-4-14(5-7-15)9-11-3-8-17-10-11/h3,8,10H,2,4-7,9H2,1H3,(H,13,16). The van der Waals surface area contributed by atoms with Gasteiger partial charge in [-0.05, 0) is 29.3 Å². The van der Waals surface area contributed by atoms with E-state index in [0.717, 1.165) is 32.7 Å². The maximum absolute atomic E-state index is 11.6. The highest BCUT2D eigenvalue weighted by Crippen LogP contribution is 2.11. The zero-order valence-electron chi connectivity index (χ0n) is 10.2. The molecule has 0 spiro atoms. The van der Waals surface area contributed by atoms with Crippen molar-refractivity contribution in [3.05, 3.63) is 22.4 Å². The molecule has 0 bridgehead atoms. The highest BCUT2D eigenvalue weighted by molar-refractivity contribution is 7.07. The lowest BCUT2D eigenvalue weighted by Gasteiger charge is -2.34. The normalized spacial score (nSPS) is 17.1. The van der Waals surface area contributed by atoms with Gasteiger partial charge in [-0.2, -0.15) is 11.3 Å². The molecule has 17 heavy (non-hydrogen) atoms. The molecule has 2 amide bonds. The molecule has 2 rings (SSSR count). The van der Waals surface area contributed by atoms with E-state index in [9.17, 15) is 4.79 Å². The molecule has 94 valence electrons. The maximum Gasteiger partial charge on any atom is 0.317 e. The van der Waals surface area contributed by atoms with Crippen LogP contribution >= 0.6 is 11.3 Å². The van der Waals surface area contributed by atoms with Gasteiger partial charge in [0.05, 0.1) is 0 Å². The van der Waals surface area contributed by atoms with E-state index in [1.165, 1.54) is 5.56 Å². The number of carbonyl (C=O) groups excluding carboxylic acids is 1. The summed E-state index contributed by atoms with van der Waals surface area (Å²) in [6.07, 6.45) is 0. The van der Waals surface area contributed by atoms with Crippen molar-refractivity contribution >= 4 is 17.4 Å². The van der Waals surface area contributed by atoms with Gasteiger partial charge in [0.2, 0.25) is 0 Å². The molecule has 0 unspecified atom stereocenters. The second kappa shape index (κ2) is 6.02. The van der Waals surface area contributed by atoms with Crippen LogP contribution in [0, 0.1) is 0 Å². The van der Waals surface area contributed by atoms with Gasteiger partial charge in [0.25, 0.3) is 0 Å². The second-order valence-corrected chi connectivity index (χ2v) is 5.01. The van der Waals surface area contributed by atoms with Gasteiger partial charge >= 0.3 is 6.03 Å². The molecule has 0 saturated carbocycles. The van der Waals surface area contributed by atoms with Crippen molar-refractivity contribution in [1.29, 1.82) is 0 Å². The smallest absolute Gasteiger partial charge is 0.317 e. The van der Waals surface area contributed by atoms with E-state index < -0.39 is 0 Å². The van der Waals surface area contributed by atoms with Crippen LogP contribution in [-0.2, 0) is 6.54 Å². The van der Waals surface area contributed by atoms with Crippen molar-refractivity contribution in [1.82, 2.24) is 15.1 Å². The first-order valence-electron chi connectivity index (χ1n) is 6.06. The summed E-state index contributed by atoms with van der Waals surface area (Å²) >= 11 is 1.74. The largest absolute Gasteiger partial charge is 0.338 e. The number of hydrogen-bond donors (Lipinski definition) is 1. The third-order valence-corrected chi connectivity index (χ3v) is 3.71. The van der Waals surface area contributed by atoms with E-state index in [1.54, 1.807) is 11.3 Å². The lowest BCUT2D eigenvalue weighted by Crippen LogP contribution is -2.51. The molecule has 0 atom stereocenters. The van der Waals surface area contributed by atoms with E-state index in [4.69, 9.17) is 0 Å². The lowest BCUT2D eigenvalue weighted by molar-refractivity contribution is 0.135. The number of nitrogens with zero attached hydrogens (tertiary/aromatic N) is 2. The fourth-order valence-electron chi connectivity index (χ4n) is 2.01. The Hall–Kier alpha value is -1.07. The molecule has 0 aliphatic carbocycles. The molecule has 0 radical (unpaired) electrons. The molecule has 4 nitrogen and oxygen atoms in total. The van der Waals surface area contributed by atoms with Crippen LogP contribution in [0.25, 0.3) is 0 Å². The zero-order valence-corrected chi connectivity index (χ0v) is 11.0. The highest BCUT2D eigenvalue weighted by Gasteiger charge is 2.20. The Bertz CT molecular complexity index is 345. The molecule has 0 aromatic carbocycles. The summed E-state index contributed by atoms with van der Waals surface area (Å²) < 4.78 is 0. The summed E-state index contributed by atoms with van der Waals surface area (Å²) in [6.45, 7) is 7.25. The Balaban J connectivity index is 1.76. The third kappa shape index (κ3) is 3.44. The molecule has 2 heterocycles. The van der Waals surface area contributed by atoms with Crippen molar-refractivity contribution in [3.8, 4) is 0 Å². The van der Waals surface area contributed by atoms with Crippen LogP contribution in [0.4, 0.5) is 4.79 Å². The van der Waals surface area contributed by atoms with Gasteiger partial charge < -0.3 is 10.2 Å². The van der Waals surface area contributed by atoms with Crippen LogP contribution < -0.4 is 5.32 Å². The minimum atomic E-state index is 0.0719. The predicted octanol–water partition coefficient (Wildman–Crippen LogP) is 1.60. The van der Waals surface area contributed by atoms with Crippen LogP contribution in [0.15, 0.2) is 16.8 Å². The molecule has 1 aromatic rings. The Morgan fingerprint density at radius 3 is 2.76 bits per heavy atom.